The maximum Gasteiger partial charge on any atom is 0.0471 e. The van der Waals surface area contributed by atoms with E-state index in [1.807, 2.05) is 6.08 Å². The van der Waals surface area contributed by atoms with Crippen molar-refractivity contribution in [3.8, 4) is 0 Å². The van der Waals surface area contributed by atoms with E-state index in [0.29, 0.717) is 0 Å². The number of rotatable bonds is 7. The number of aliphatic hydroxyl groups excluding tert-OH is 1. The average Bonchev–Trinajstić information content (AvgIpc) is 2.10. The number of unbranched alkanes of at least 4 members (excludes halogenated alkanes) is 4. The summed E-state index contributed by atoms with van der Waals surface area (Å²) < 4.78 is 0. The van der Waals surface area contributed by atoms with Crippen LogP contribution < -0.4 is 0 Å². The Labute approximate surface area is 75.8 Å². The number of hydrogen-bond acceptors (Lipinski definition) is 1. The molecule has 0 heterocycles. The molecule has 0 radical (unpaired) electrons. The summed E-state index contributed by atoms with van der Waals surface area (Å²) in [5.41, 5.74) is 3.05. The second kappa shape index (κ2) is 10.5. The first-order valence-electron chi connectivity index (χ1n) is 4.92. The van der Waals surface area contributed by atoms with Crippen LogP contribution in [-0.2, 0) is 0 Å². The van der Waals surface area contributed by atoms with Crippen molar-refractivity contribution in [2.45, 2.75) is 45.4 Å². The first kappa shape index (κ1) is 11.5. The van der Waals surface area contributed by atoms with Gasteiger partial charge < -0.3 is 5.11 Å². The van der Waals surface area contributed by atoms with E-state index in [4.69, 9.17) is 5.11 Å². The molecule has 0 aromatic heterocycles. The van der Waals surface area contributed by atoms with Gasteiger partial charge >= 0.3 is 0 Å². The monoisotopic (exact) mass is 168 g/mol. The molecule has 0 saturated heterocycles. The molecular formula is C11H20O. The van der Waals surface area contributed by atoms with Gasteiger partial charge in [0.1, 0.15) is 0 Å². The van der Waals surface area contributed by atoms with E-state index >= 15 is 0 Å². The summed E-state index contributed by atoms with van der Waals surface area (Å²) in [6, 6.07) is 0. The van der Waals surface area contributed by atoms with Crippen molar-refractivity contribution in [1.82, 2.24) is 0 Å². The fourth-order valence-corrected chi connectivity index (χ4v) is 0.988. The first-order chi connectivity index (χ1) is 5.91. The Morgan fingerprint density at radius 3 is 2.50 bits per heavy atom. The van der Waals surface area contributed by atoms with E-state index in [1.165, 1.54) is 25.7 Å². The van der Waals surface area contributed by atoms with Gasteiger partial charge in [-0.15, -0.1) is 5.73 Å². The third-order valence-electron chi connectivity index (χ3n) is 1.71. The molecule has 0 amide bonds. The van der Waals surface area contributed by atoms with Crippen LogP contribution in [0.5, 0.6) is 0 Å². The lowest BCUT2D eigenvalue weighted by atomic mass is 10.1. The van der Waals surface area contributed by atoms with E-state index in [1.54, 1.807) is 0 Å². The lowest BCUT2D eigenvalue weighted by Gasteiger charge is -1.92. The molecule has 0 aliphatic rings. The van der Waals surface area contributed by atoms with Crippen LogP contribution in [0.4, 0.5) is 0 Å². The van der Waals surface area contributed by atoms with Gasteiger partial charge in [-0.25, -0.2) is 0 Å². The Hall–Kier alpha value is -0.520. The smallest absolute Gasteiger partial charge is 0.0471 e. The summed E-state index contributed by atoms with van der Waals surface area (Å²) in [6.07, 6.45) is 11.0. The molecule has 0 spiro atoms. The molecule has 1 nitrogen and oxygen atoms in total. The van der Waals surface area contributed by atoms with Gasteiger partial charge in [0.15, 0.2) is 0 Å². The van der Waals surface area contributed by atoms with E-state index in [9.17, 15) is 0 Å². The highest BCUT2D eigenvalue weighted by atomic mass is 16.2. The Balaban J connectivity index is 3.12. The van der Waals surface area contributed by atoms with Crippen molar-refractivity contribution in [1.29, 1.82) is 0 Å². The summed E-state index contributed by atoms with van der Waals surface area (Å²) in [5, 5.41) is 8.45. The third kappa shape index (κ3) is 9.48. The van der Waals surface area contributed by atoms with E-state index in [2.05, 4.69) is 18.7 Å². The molecule has 0 unspecified atom stereocenters. The van der Waals surface area contributed by atoms with Crippen LogP contribution >= 0.6 is 0 Å². The minimum Gasteiger partial charge on any atom is -0.396 e. The molecule has 0 bridgehead atoms. The Kier molecular flexibility index (Phi) is 10.0. The minimum absolute atomic E-state index is 0.233. The summed E-state index contributed by atoms with van der Waals surface area (Å²) in [6.45, 7) is 2.45. The average molecular weight is 168 g/mol. The highest BCUT2D eigenvalue weighted by Gasteiger charge is 1.82. The van der Waals surface area contributed by atoms with Gasteiger partial charge in [-0.3, -0.25) is 0 Å². The van der Waals surface area contributed by atoms with Crippen molar-refractivity contribution in [3.63, 3.8) is 0 Å². The molecule has 0 aromatic rings. The SMILES string of the molecule is CCCCCCC=C=CCCO. The predicted octanol–water partition coefficient (Wildman–Crippen LogP) is 3.05. The van der Waals surface area contributed by atoms with Gasteiger partial charge in [0.25, 0.3) is 0 Å². The Morgan fingerprint density at radius 2 is 1.83 bits per heavy atom. The lowest BCUT2D eigenvalue weighted by Crippen LogP contribution is -1.74. The summed E-state index contributed by atoms with van der Waals surface area (Å²) >= 11 is 0. The molecule has 0 atom stereocenters. The molecule has 0 fully saturated rings. The molecule has 0 aromatic carbocycles. The number of aliphatic hydroxyl groups is 1. The van der Waals surface area contributed by atoms with Crippen molar-refractivity contribution in [3.05, 3.63) is 17.9 Å². The van der Waals surface area contributed by atoms with E-state index < -0.39 is 0 Å². The van der Waals surface area contributed by atoms with Crippen LogP contribution in [0.25, 0.3) is 0 Å². The second-order valence-electron chi connectivity index (χ2n) is 2.94. The quantitative estimate of drug-likeness (QED) is 0.457. The largest absolute Gasteiger partial charge is 0.396 e. The van der Waals surface area contributed by atoms with Crippen LogP contribution in [0.2, 0.25) is 0 Å². The molecule has 70 valence electrons. The van der Waals surface area contributed by atoms with Crippen molar-refractivity contribution in [2.24, 2.45) is 0 Å². The van der Waals surface area contributed by atoms with Crippen molar-refractivity contribution < 1.29 is 5.11 Å². The lowest BCUT2D eigenvalue weighted by molar-refractivity contribution is 0.302. The van der Waals surface area contributed by atoms with Crippen LogP contribution in [0, 0.1) is 0 Å². The summed E-state index contributed by atoms with van der Waals surface area (Å²) in [5.74, 6) is 0. The maximum atomic E-state index is 8.45. The van der Waals surface area contributed by atoms with Gasteiger partial charge in [-0.2, -0.15) is 0 Å². The molecule has 0 aliphatic heterocycles. The molecule has 12 heavy (non-hydrogen) atoms. The topological polar surface area (TPSA) is 20.2 Å². The third-order valence-corrected chi connectivity index (χ3v) is 1.71. The van der Waals surface area contributed by atoms with Crippen LogP contribution in [0.15, 0.2) is 17.9 Å². The zero-order valence-corrected chi connectivity index (χ0v) is 8.05. The van der Waals surface area contributed by atoms with Crippen molar-refractivity contribution >= 4 is 0 Å². The molecule has 1 N–H and O–H groups in total. The predicted molar refractivity (Wildman–Crippen MR) is 53.1 cm³/mol. The standard InChI is InChI=1S/C11H20O/c1-2-3-4-5-6-7-8-9-10-11-12/h7,9,12H,2-6,10-11H2,1H3. The molecular weight excluding hydrogens is 148 g/mol. The van der Waals surface area contributed by atoms with Gasteiger partial charge in [-0.05, 0) is 31.4 Å². The number of hydrogen-bond donors (Lipinski definition) is 1. The summed E-state index contributed by atoms with van der Waals surface area (Å²) in [7, 11) is 0. The zero-order valence-electron chi connectivity index (χ0n) is 8.05. The molecule has 0 saturated carbocycles. The fourth-order valence-electron chi connectivity index (χ4n) is 0.988. The minimum atomic E-state index is 0.233. The summed E-state index contributed by atoms with van der Waals surface area (Å²) in [4.78, 5) is 0. The highest BCUT2D eigenvalue weighted by molar-refractivity contribution is 4.84. The van der Waals surface area contributed by atoms with Crippen molar-refractivity contribution in [2.75, 3.05) is 6.61 Å². The van der Waals surface area contributed by atoms with E-state index in [0.717, 1.165) is 12.8 Å². The van der Waals surface area contributed by atoms with Crippen LogP contribution in [0.3, 0.4) is 0 Å². The first-order valence-corrected chi connectivity index (χ1v) is 4.92. The van der Waals surface area contributed by atoms with Crippen LogP contribution in [0.1, 0.15) is 45.4 Å². The van der Waals surface area contributed by atoms with Gasteiger partial charge in [0.05, 0.1) is 0 Å². The fraction of sp³-hybridized carbons (Fsp3) is 0.727. The molecule has 1 heteroatoms. The maximum absolute atomic E-state index is 8.45. The second-order valence-corrected chi connectivity index (χ2v) is 2.94. The van der Waals surface area contributed by atoms with E-state index in [-0.39, 0.29) is 6.61 Å². The Bertz CT molecular complexity index is 132. The van der Waals surface area contributed by atoms with Gasteiger partial charge in [-0.1, -0.05) is 26.2 Å². The Morgan fingerprint density at radius 1 is 1.08 bits per heavy atom. The highest BCUT2D eigenvalue weighted by Crippen LogP contribution is 2.02. The van der Waals surface area contributed by atoms with Gasteiger partial charge in [0.2, 0.25) is 0 Å². The normalized spacial score (nSPS) is 9.17. The molecule has 0 aliphatic carbocycles. The van der Waals surface area contributed by atoms with Crippen LogP contribution in [-0.4, -0.2) is 11.7 Å². The van der Waals surface area contributed by atoms with Gasteiger partial charge in [0, 0.05) is 6.61 Å². The molecule has 0 rings (SSSR count). The zero-order chi connectivity index (χ0) is 9.07.